The Morgan fingerprint density at radius 3 is 2.71 bits per heavy atom. The molecule has 2 aromatic heterocycles. The summed E-state index contributed by atoms with van der Waals surface area (Å²) in [4.78, 5) is 12.2. The SMILES string of the molecule is Cc1cccnc1-c1ccnc(Cl)n1. The number of halogens is 1. The molecule has 0 radical (unpaired) electrons. The maximum absolute atomic E-state index is 5.70. The van der Waals surface area contributed by atoms with E-state index in [1.54, 1.807) is 18.5 Å². The van der Waals surface area contributed by atoms with Crippen molar-refractivity contribution in [2.75, 3.05) is 0 Å². The van der Waals surface area contributed by atoms with Crippen LogP contribution >= 0.6 is 11.6 Å². The van der Waals surface area contributed by atoms with Gasteiger partial charge >= 0.3 is 0 Å². The van der Waals surface area contributed by atoms with E-state index in [9.17, 15) is 0 Å². The van der Waals surface area contributed by atoms with Crippen LogP contribution in [-0.4, -0.2) is 15.0 Å². The van der Waals surface area contributed by atoms with Gasteiger partial charge in [-0.05, 0) is 36.2 Å². The highest BCUT2D eigenvalue weighted by Crippen LogP contribution is 2.18. The number of aromatic nitrogens is 3. The highest BCUT2D eigenvalue weighted by atomic mass is 35.5. The highest BCUT2D eigenvalue weighted by molar-refractivity contribution is 6.28. The Hall–Kier alpha value is -1.48. The van der Waals surface area contributed by atoms with Crippen LogP contribution < -0.4 is 0 Å². The van der Waals surface area contributed by atoms with Crippen molar-refractivity contribution in [2.45, 2.75) is 6.92 Å². The molecule has 0 spiro atoms. The molecule has 2 aromatic rings. The second-order valence-corrected chi connectivity index (χ2v) is 3.22. The fraction of sp³-hybridized carbons (Fsp3) is 0.100. The van der Waals surface area contributed by atoms with E-state index in [2.05, 4.69) is 15.0 Å². The molecule has 0 fully saturated rings. The molecule has 2 heterocycles. The first-order valence-corrected chi connectivity index (χ1v) is 4.56. The summed E-state index contributed by atoms with van der Waals surface area (Å²) >= 11 is 5.70. The Kier molecular flexibility index (Phi) is 2.41. The Labute approximate surface area is 86.8 Å². The van der Waals surface area contributed by atoms with E-state index >= 15 is 0 Å². The van der Waals surface area contributed by atoms with Crippen molar-refractivity contribution in [3.8, 4) is 11.4 Å². The maximum Gasteiger partial charge on any atom is 0.222 e. The largest absolute Gasteiger partial charge is 0.254 e. The Morgan fingerprint density at radius 2 is 2.00 bits per heavy atom. The van der Waals surface area contributed by atoms with Gasteiger partial charge in [-0.25, -0.2) is 9.97 Å². The Bertz CT molecular complexity index is 457. The lowest BCUT2D eigenvalue weighted by Crippen LogP contribution is -1.91. The van der Waals surface area contributed by atoms with Crippen molar-refractivity contribution in [3.63, 3.8) is 0 Å². The van der Waals surface area contributed by atoms with Crippen molar-refractivity contribution in [2.24, 2.45) is 0 Å². The van der Waals surface area contributed by atoms with E-state index in [4.69, 9.17) is 11.6 Å². The van der Waals surface area contributed by atoms with E-state index < -0.39 is 0 Å². The van der Waals surface area contributed by atoms with Gasteiger partial charge in [-0.1, -0.05) is 6.07 Å². The minimum atomic E-state index is 0.243. The third-order valence-corrected chi connectivity index (χ3v) is 2.06. The third-order valence-electron chi connectivity index (χ3n) is 1.88. The van der Waals surface area contributed by atoms with Crippen molar-refractivity contribution >= 4 is 11.6 Å². The lowest BCUT2D eigenvalue weighted by atomic mass is 10.1. The van der Waals surface area contributed by atoms with Crippen molar-refractivity contribution in [3.05, 3.63) is 41.4 Å². The molecule has 0 aliphatic carbocycles. The van der Waals surface area contributed by atoms with Crippen LogP contribution in [0, 0.1) is 6.92 Å². The van der Waals surface area contributed by atoms with E-state index in [1.807, 2.05) is 19.1 Å². The summed E-state index contributed by atoms with van der Waals surface area (Å²) in [5.41, 5.74) is 2.67. The van der Waals surface area contributed by atoms with Gasteiger partial charge in [-0.3, -0.25) is 4.98 Å². The zero-order valence-electron chi connectivity index (χ0n) is 7.61. The van der Waals surface area contributed by atoms with Gasteiger partial charge in [-0.15, -0.1) is 0 Å². The number of pyridine rings is 1. The van der Waals surface area contributed by atoms with Crippen molar-refractivity contribution in [1.29, 1.82) is 0 Å². The fourth-order valence-corrected chi connectivity index (χ4v) is 1.37. The normalized spacial score (nSPS) is 10.1. The van der Waals surface area contributed by atoms with Crippen molar-refractivity contribution < 1.29 is 0 Å². The van der Waals surface area contributed by atoms with Gasteiger partial charge in [0.25, 0.3) is 0 Å². The van der Waals surface area contributed by atoms with Crippen LogP contribution in [0.5, 0.6) is 0 Å². The van der Waals surface area contributed by atoms with Crippen LogP contribution in [0.15, 0.2) is 30.6 Å². The first kappa shape index (κ1) is 9.09. The molecule has 4 heteroatoms. The molecule has 0 saturated carbocycles. The summed E-state index contributed by atoms with van der Waals surface area (Å²) in [6.45, 7) is 1.98. The lowest BCUT2D eigenvalue weighted by Gasteiger charge is -2.02. The molecule has 0 aliphatic heterocycles. The molecule has 2 rings (SSSR count). The van der Waals surface area contributed by atoms with Crippen molar-refractivity contribution in [1.82, 2.24) is 15.0 Å². The average molecular weight is 206 g/mol. The minimum Gasteiger partial charge on any atom is -0.254 e. The Balaban J connectivity index is 2.55. The predicted octanol–water partition coefficient (Wildman–Crippen LogP) is 2.50. The molecule has 0 amide bonds. The molecule has 14 heavy (non-hydrogen) atoms. The quantitative estimate of drug-likeness (QED) is 0.672. The number of aryl methyl sites for hydroxylation is 1. The Morgan fingerprint density at radius 1 is 1.14 bits per heavy atom. The van der Waals surface area contributed by atoms with Gasteiger partial charge in [0.1, 0.15) is 0 Å². The van der Waals surface area contributed by atoms with Gasteiger partial charge in [0.2, 0.25) is 5.28 Å². The topological polar surface area (TPSA) is 38.7 Å². The summed E-state index contributed by atoms with van der Waals surface area (Å²) in [5.74, 6) is 0. The average Bonchev–Trinajstić information content (AvgIpc) is 2.18. The molecule has 0 saturated heterocycles. The summed E-state index contributed by atoms with van der Waals surface area (Å²) < 4.78 is 0. The van der Waals surface area contributed by atoms with Crippen LogP contribution in [-0.2, 0) is 0 Å². The maximum atomic E-state index is 5.70. The van der Waals surface area contributed by atoms with E-state index in [0.29, 0.717) is 0 Å². The van der Waals surface area contributed by atoms with Gasteiger partial charge in [-0.2, -0.15) is 0 Å². The standard InChI is InChI=1S/C10H8ClN3/c1-7-3-2-5-12-9(7)8-4-6-13-10(11)14-8/h2-6H,1H3. The summed E-state index contributed by atoms with van der Waals surface area (Å²) in [6.07, 6.45) is 3.36. The zero-order valence-corrected chi connectivity index (χ0v) is 8.36. The second-order valence-electron chi connectivity index (χ2n) is 2.88. The van der Waals surface area contributed by atoms with Gasteiger partial charge in [0, 0.05) is 12.4 Å². The zero-order chi connectivity index (χ0) is 9.97. The van der Waals surface area contributed by atoms with Crippen LogP contribution in [0.25, 0.3) is 11.4 Å². The van der Waals surface area contributed by atoms with E-state index in [-0.39, 0.29) is 5.28 Å². The lowest BCUT2D eigenvalue weighted by molar-refractivity contribution is 1.14. The number of hydrogen-bond acceptors (Lipinski definition) is 3. The molecule has 0 N–H and O–H groups in total. The van der Waals surface area contributed by atoms with Crippen LogP contribution in [0.3, 0.4) is 0 Å². The molecule has 0 bridgehead atoms. The number of nitrogens with zero attached hydrogens (tertiary/aromatic N) is 3. The number of rotatable bonds is 1. The molecule has 3 nitrogen and oxygen atoms in total. The summed E-state index contributed by atoms with van der Waals surface area (Å²) in [6, 6.07) is 5.67. The molecule has 70 valence electrons. The summed E-state index contributed by atoms with van der Waals surface area (Å²) in [5, 5.41) is 0.243. The molecular weight excluding hydrogens is 198 g/mol. The molecule has 0 aromatic carbocycles. The molecule has 0 aliphatic rings. The van der Waals surface area contributed by atoms with E-state index in [1.165, 1.54) is 0 Å². The van der Waals surface area contributed by atoms with Gasteiger partial charge in [0.15, 0.2) is 0 Å². The van der Waals surface area contributed by atoms with Gasteiger partial charge < -0.3 is 0 Å². The molecular formula is C10H8ClN3. The predicted molar refractivity (Wildman–Crippen MR) is 55.0 cm³/mol. The van der Waals surface area contributed by atoms with Crippen LogP contribution in [0.4, 0.5) is 0 Å². The van der Waals surface area contributed by atoms with E-state index in [0.717, 1.165) is 17.0 Å². The van der Waals surface area contributed by atoms with Crippen LogP contribution in [0.1, 0.15) is 5.56 Å². The molecule has 0 atom stereocenters. The smallest absolute Gasteiger partial charge is 0.222 e. The first-order valence-electron chi connectivity index (χ1n) is 4.18. The second kappa shape index (κ2) is 3.72. The number of hydrogen-bond donors (Lipinski definition) is 0. The third kappa shape index (κ3) is 1.72. The monoisotopic (exact) mass is 205 g/mol. The van der Waals surface area contributed by atoms with Crippen LogP contribution in [0.2, 0.25) is 5.28 Å². The first-order chi connectivity index (χ1) is 6.77. The highest BCUT2D eigenvalue weighted by Gasteiger charge is 2.04. The van der Waals surface area contributed by atoms with Gasteiger partial charge in [0.05, 0.1) is 11.4 Å². The molecule has 0 unspecified atom stereocenters. The summed E-state index contributed by atoms with van der Waals surface area (Å²) in [7, 11) is 0. The fourth-order valence-electron chi connectivity index (χ4n) is 1.22. The minimum absolute atomic E-state index is 0.243.